The van der Waals surface area contributed by atoms with E-state index in [2.05, 4.69) is 15.2 Å². The molecule has 7 nitrogen and oxygen atoms in total. The second kappa shape index (κ2) is 6.29. The Hall–Kier alpha value is -2.18. The van der Waals surface area contributed by atoms with E-state index in [1.165, 1.54) is 0 Å². The molecule has 3 heterocycles. The number of likely N-dealkylation sites (tertiary alicyclic amines) is 1. The summed E-state index contributed by atoms with van der Waals surface area (Å²) in [6, 6.07) is 0. The number of rotatable bonds is 4. The molecule has 1 fully saturated rings. The Labute approximate surface area is 129 Å². The second-order valence-corrected chi connectivity index (χ2v) is 5.57. The highest BCUT2D eigenvalue weighted by Gasteiger charge is 2.28. The van der Waals surface area contributed by atoms with Crippen LogP contribution >= 0.6 is 0 Å². The van der Waals surface area contributed by atoms with Gasteiger partial charge in [0.15, 0.2) is 5.82 Å². The Bertz CT molecular complexity index is 648. The maximum absolute atomic E-state index is 12.6. The number of amides is 1. The molecule has 0 saturated carbocycles. The van der Waals surface area contributed by atoms with Crippen LogP contribution in [0.15, 0.2) is 16.9 Å². The van der Waals surface area contributed by atoms with Gasteiger partial charge in [0.2, 0.25) is 5.89 Å². The summed E-state index contributed by atoms with van der Waals surface area (Å²) in [5.41, 5.74) is 0.643. The zero-order valence-corrected chi connectivity index (χ0v) is 13.0. The maximum atomic E-state index is 12.6. The third kappa shape index (κ3) is 2.88. The van der Waals surface area contributed by atoms with Gasteiger partial charge in [0.1, 0.15) is 0 Å². The number of hydrogen-bond donors (Lipinski definition) is 0. The predicted octanol–water partition coefficient (Wildman–Crippen LogP) is 1.87. The Morgan fingerprint density at radius 2 is 2.32 bits per heavy atom. The van der Waals surface area contributed by atoms with Crippen LogP contribution in [0.3, 0.4) is 0 Å². The molecule has 1 aliphatic rings. The molecule has 1 saturated heterocycles. The molecule has 2 aromatic rings. The molecular weight excluding hydrogens is 282 g/mol. The molecule has 3 rings (SSSR count). The smallest absolute Gasteiger partial charge is 0.257 e. The van der Waals surface area contributed by atoms with E-state index in [0.29, 0.717) is 18.0 Å². The molecule has 0 radical (unpaired) electrons. The number of nitrogens with zero attached hydrogens (tertiary/aromatic N) is 5. The Kier molecular flexibility index (Phi) is 4.22. The van der Waals surface area contributed by atoms with E-state index in [-0.39, 0.29) is 11.8 Å². The van der Waals surface area contributed by atoms with Crippen molar-refractivity contribution >= 4 is 5.91 Å². The first-order valence-electron chi connectivity index (χ1n) is 7.85. The van der Waals surface area contributed by atoms with E-state index in [4.69, 9.17) is 4.52 Å². The van der Waals surface area contributed by atoms with Crippen LogP contribution in [0.5, 0.6) is 0 Å². The predicted molar refractivity (Wildman–Crippen MR) is 79.5 cm³/mol. The third-order valence-electron chi connectivity index (χ3n) is 4.06. The number of hydrogen-bond acceptors (Lipinski definition) is 5. The van der Waals surface area contributed by atoms with Gasteiger partial charge in [-0.1, -0.05) is 12.1 Å². The van der Waals surface area contributed by atoms with Crippen LogP contribution in [0.25, 0.3) is 0 Å². The van der Waals surface area contributed by atoms with Crippen LogP contribution < -0.4 is 0 Å². The highest BCUT2D eigenvalue weighted by atomic mass is 16.5. The zero-order valence-electron chi connectivity index (χ0n) is 13.0. The van der Waals surface area contributed by atoms with E-state index in [9.17, 15) is 4.79 Å². The van der Waals surface area contributed by atoms with E-state index < -0.39 is 0 Å². The van der Waals surface area contributed by atoms with Gasteiger partial charge in [-0.15, -0.1) is 0 Å². The lowest BCUT2D eigenvalue weighted by molar-refractivity contribution is 0.0703. The Morgan fingerprint density at radius 1 is 1.45 bits per heavy atom. The zero-order chi connectivity index (χ0) is 15.5. The first-order valence-corrected chi connectivity index (χ1v) is 7.85. The molecule has 22 heavy (non-hydrogen) atoms. The van der Waals surface area contributed by atoms with E-state index in [0.717, 1.165) is 38.2 Å². The number of carbonyl (C=O) groups is 1. The van der Waals surface area contributed by atoms with Crippen molar-refractivity contribution in [3.05, 3.63) is 29.7 Å². The van der Waals surface area contributed by atoms with Crippen molar-refractivity contribution in [2.45, 2.75) is 45.6 Å². The fourth-order valence-electron chi connectivity index (χ4n) is 2.78. The topological polar surface area (TPSA) is 77.1 Å². The minimum Gasteiger partial charge on any atom is -0.339 e. The van der Waals surface area contributed by atoms with Gasteiger partial charge in [0, 0.05) is 38.2 Å². The largest absolute Gasteiger partial charge is 0.339 e. The van der Waals surface area contributed by atoms with Crippen LogP contribution in [0.2, 0.25) is 0 Å². The summed E-state index contributed by atoms with van der Waals surface area (Å²) in [5, 5.41) is 8.23. The number of aryl methyl sites for hydroxylation is 2. The van der Waals surface area contributed by atoms with Gasteiger partial charge in [-0.3, -0.25) is 9.48 Å². The third-order valence-corrected chi connectivity index (χ3v) is 4.06. The molecule has 1 atom stereocenters. The van der Waals surface area contributed by atoms with Crippen LogP contribution in [-0.4, -0.2) is 43.8 Å². The molecule has 118 valence electrons. The standard InChI is InChI=1S/C15H21N5O2/c1-3-13-17-14(18-22-13)11-6-5-7-19(9-11)15(21)12-8-16-20(4-2)10-12/h8,10-11H,3-7,9H2,1-2H3/t11-/m1/s1. The van der Waals surface area contributed by atoms with Crippen LogP contribution in [0.4, 0.5) is 0 Å². The quantitative estimate of drug-likeness (QED) is 0.861. The summed E-state index contributed by atoms with van der Waals surface area (Å²) in [5.74, 6) is 1.56. The van der Waals surface area contributed by atoms with Gasteiger partial charge < -0.3 is 9.42 Å². The second-order valence-electron chi connectivity index (χ2n) is 5.57. The molecule has 0 unspecified atom stereocenters. The summed E-state index contributed by atoms with van der Waals surface area (Å²) < 4.78 is 6.95. The Morgan fingerprint density at radius 3 is 3.00 bits per heavy atom. The van der Waals surface area contributed by atoms with Crippen molar-refractivity contribution in [3.63, 3.8) is 0 Å². The van der Waals surface area contributed by atoms with Gasteiger partial charge in [-0.25, -0.2) is 0 Å². The average Bonchev–Trinajstić information content (AvgIpc) is 3.23. The van der Waals surface area contributed by atoms with Gasteiger partial charge in [0.05, 0.1) is 11.8 Å². The van der Waals surface area contributed by atoms with Crippen LogP contribution in [0.1, 0.15) is 54.7 Å². The Balaban J connectivity index is 1.70. The van der Waals surface area contributed by atoms with E-state index >= 15 is 0 Å². The summed E-state index contributed by atoms with van der Waals surface area (Å²) in [4.78, 5) is 18.8. The molecule has 1 aliphatic heterocycles. The first-order chi connectivity index (χ1) is 10.7. The highest BCUT2D eigenvalue weighted by Crippen LogP contribution is 2.26. The summed E-state index contributed by atoms with van der Waals surface area (Å²) in [6.07, 6.45) is 6.11. The number of aromatic nitrogens is 4. The lowest BCUT2D eigenvalue weighted by Crippen LogP contribution is -2.39. The van der Waals surface area contributed by atoms with E-state index in [1.54, 1.807) is 17.1 Å². The fraction of sp³-hybridized carbons (Fsp3) is 0.600. The maximum Gasteiger partial charge on any atom is 0.257 e. The number of carbonyl (C=O) groups excluding carboxylic acids is 1. The lowest BCUT2D eigenvalue weighted by Gasteiger charge is -2.31. The molecule has 1 amide bonds. The number of piperidine rings is 1. The molecular formula is C15H21N5O2. The minimum absolute atomic E-state index is 0.0311. The summed E-state index contributed by atoms with van der Waals surface area (Å²) >= 11 is 0. The fourth-order valence-corrected chi connectivity index (χ4v) is 2.78. The molecule has 0 spiro atoms. The van der Waals surface area contributed by atoms with Gasteiger partial charge >= 0.3 is 0 Å². The SMILES string of the molecule is CCc1nc([C@@H]2CCCN(C(=O)c3cnn(CC)c3)C2)no1. The van der Waals surface area contributed by atoms with Crippen LogP contribution in [0, 0.1) is 0 Å². The molecule has 0 aromatic carbocycles. The molecule has 7 heteroatoms. The lowest BCUT2D eigenvalue weighted by atomic mass is 9.97. The van der Waals surface area contributed by atoms with Crippen molar-refractivity contribution in [1.29, 1.82) is 0 Å². The molecule has 0 aliphatic carbocycles. The van der Waals surface area contributed by atoms with Gasteiger partial charge in [-0.05, 0) is 19.8 Å². The molecule has 2 aromatic heterocycles. The van der Waals surface area contributed by atoms with Crippen molar-refractivity contribution in [2.24, 2.45) is 0 Å². The summed E-state index contributed by atoms with van der Waals surface area (Å²) in [7, 11) is 0. The van der Waals surface area contributed by atoms with Crippen molar-refractivity contribution in [3.8, 4) is 0 Å². The van der Waals surface area contributed by atoms with E-state index in [1.807, 2.05) is 18.7 Å². The molecule has 0 N–H and O–H groups in total. The normalized spacial score (nSPS) is 18.6. The van der Waals surface area contributed by atoms with Crippen molar-refractivity contribution < 1.29 is 9.32 Å². The minimum atomic E-state index is 0.0311. The first kappa shape index (κ1) is 14.7. The van der Waals surface area contributed by atoms with Crippen molar-refractivity contribution in [1.82, 2.24) is 24.8 Å². The highest BCUT2D eigenvalue weighted by molar-refractivity contribution is 5.93. The molecule has 0 bridgehead atoms. The monoisotopic (exact) mass is 303 g/mol. The summed E-state index contributed by atoms with van der Waals surface area (Å²) in [6.45, 7) is 6.15. The van der Waals surface area contributed by atoms with Gasteiger partial charge in [-0.2, -0.15) is 10.1 Å². The van der Waals surface area contributed by atoms with Crippen molar-refractivity contribution in [2.75, 3.05) is 13.1 Å². The van der Waals surface area contributed by atoms with Gasteiger partial charge in [0.25, 0.3) is 5.91 Å². The van der Waals surface area contributed by atoms with Crippen LogP contribution in [-0.2, 0) is 13.0 Å². The average molecular weight is 303 g/mol.